The van der Waals surface area contributed by atoms with Crippen LogP contribution < -0.4 is 16.8 Å². The van der Waals surface area contributed by atoms with Crippen molar-refractivity contribution in [2.75, 3.05) is 23.8 Å². The van der Waals surface area contributed by atoms with Gasteiger partial charge in [0.25, 0.3) is 0 Å². The Balaban J connectivity index is 3.27. The highest BCUT2D eigenvalue weighted by molar-refractivity contribution is 5.71. The van der Waals surface area contributed by atoms with E-state index >= 15 is 0 Å². The van der Waals surface area contributed by atoms with Crippen LogP contribution in [0, 0.1) is 4.91 Å². The molecule has 7 nitrogen and oxygen atoms in total. The lowest BCUT2D eigenvalue weighted by molar-refractivity contribution is 1.16. The van der Waals surface area contributed by atoms with Gasteiger partial charge in [0.05, 0.1) is 0 Å². The first kappa shape index (κ1) is 8.18. The molecule has 0 fully saturated rings. The van der Waals surface area contributed by atoms with E-state index in [0.29, 0.717) is 0 Å². The van der Waals surface area contributed by atoms with Crippen molar-refractivity contribution in [3.63, 3.8) is 0 Å². The first-order valence-electron chi connectivity index (χ1n) is 3.13. The van der Waals surface area contributed by atoms with Gasteiger partial charge in [-0.05, 0) is 5.18 Å². The van der Waals surface area contributed by atoms with Crippen molar-refractivity contribution in [1.29, 1.82) is 0 Å². The van der Waals surface area contributed by atoms with E-state index in [2.05, 4.69) is 20.5 Å². The smallest absolute Gasteiger partial charge is 0.226 e. The molecule has 0 spiro atoms. The van der Waals surface area contributed by atoms with E-state index in [9.17, 15) is 4.91 Å². The van der Waals surface area contributed by atoms with Gasteiger partial charge in [-0.3, -0.25) is 0 Å². The minimum absolute atomic E-state index is 0.0261. The van der Waals surface area contributed by atoms with Crippen LogP contribution in [0.4, 0.5) is 23.3 Å². The summed E-state index contributed by atoms with van der Waals surface area (Å²) in [5.74, 6) is 0.209. The first-order chi connectivity index (χ1) is 5.69. The summed E-state index contributed by atoms with van der Waals surface area (Å²) in [5.41, 5.74) is 10.6. The normalized spacial score (nSPS) is 9.42. The lowest BCUT2D eigenvalue weighted by Crippen LogP contribution is -2.03. The highest BCUT2D eigenvalue weighted by atomic mass is 16.3. The fraction of sp³-hybridized carbons (Fsp3) is 0.200. The maximum Gasteiger partial charge on any atom is 0.226 e. The molecule has 12 heavy (non-hydrogen) atoms. The highest BCUT2D eigenvalue weighted by Crippen LogP contribution is 2.26. The number of nitrogens with zero attached hydrogens (tertiary/aromatic N) is 3. The van der Waals surface area contributed by atoms with Gasteiger partial charge in [0.2, 0.25) is 5.95 Å². The molecule has 64 valence electrons. The van der Waals surface area contributed by atoms with Gasteiger partial charge in [0, 0.05) is 7.05 Å². The van der Waals surface area contributed by atoms with Gasteiger partial charge in [-0.1, -0.05) is 0 Å². The van der Waals surface area contributed by atoms with Gasteiger partial charge in [-0.2, -0.15) is 9.97 Å². The van der Waals surface area contributed by atoms with Crippen molar-refractivity contribution in [2.45, 2.75) is 0 Å². The molecule has 0 aliphatic carbocycles. The van der Waals surface area contributed by atoms with Crippen LogP contribution in [0.5, 0.6) is 0 Å². The summed E-state index contributed by atoms with van der Waals surface area (Å²) in [4.78, 5) is 17.5. The van der Waals surface area contributed by atoms with E-state index in [0.717, 1.165) is 0 Å². The number of anilines is 3. The van der Waals surface area contributed by atoms with Gasteiger partial charge in [0.15, 0.2) is 17.3 Å². The van der Waals surface area contributed by atoms with Crippen LogP contribution in [0.1, 0.15) is 0 Å². The maximum atomic E-state index is 10.1. The lowest BCUT2D eigenvalue weighted by atomic mass is 10.4. The Bertz CT molecular complexity index is 288. The molecule has 0 radical (unpaired) electrons. The molecule has 5 N–H and O–H groups in total. The van der Waals surface area contributed by atoms with E-state index in [1.165, 1.54) is 0 Å². The van der Waals surface area contributed by atoms with Crippen LogP contribution in [0.3, 0.4) is 0 Å². The van der Waals surface area contributed by atoms with Gasteiger partial charge >= 0.3 is 0 Å². The molecule has 1 heterocycles. The van der Waals surface area contributed by atoms with Crippen LogP contribution in [-0.4, -0.2) is 17.0 Å². The summed E-state index contributed by atoms with van der Waals surface area (Å²) in [6.07, 6.45) is 0. The van der Waals surface area contributed by atoms with Crippen molar-refractivity contribution in [1.82, 2.24) is 9.97 Å². The standard InChI is InChI=1S/C5H8N6O/c1-8-5-9-3(6)2(11-12)4(7)10-5/h1H3,(H5,6,7,8,9,10). The minimum atomic E-state index is -0.117. The Hall–Kier alpha value is -1.92. The van der Waals surface area contributed by atoms with Crippen molar-refractivity contribution in [3.8, 4) is 0 Å². The third-order valence-electron chi connectivity index (χ3n) is 1.25. The van der Waals surface area contributed by atoms with Crippen LogP contribution in [-0.2, 0) is 0 Å². The van der Waals surface area contributed by atoms with Crippen molar-refractivity contribution in [3.05, 3.63) is 4.91 Å². The SMILES string of the molecule is CNc1nc(N)c(N=O)c(N)n1. The molecule has 0 bridgehead atoms. The van der Waals surface area contributed by atoms with Gasteiger partial charge in [-0.15, -0.1) is 4.91 Å². The van der Waals surface area contributed by atoms with Crippen LogP contribution >= 0.6 is 0 Å². The first-order valence-corrected chi connectivity index (χ1v) is 3.13. The Morgan fingerprint density at radius 3 is 2.17 bits per heavy atom. The fourth-order valence-electron chi connectivity index (χ4n) is 0.696. The molecule has 1 aromatic heterocycles. The summed E-state index contributed by atoms with van der Waals surface area (Å²) in [5, 5.41) is 5.23. The molecule has 0 amide bonds. The molecule has 0 unspecified atom stereocenters. The lowest BCUT2D eigenvalue weighted by Gasteiger charge is -2.02. The number of nitrogens with two attached hydrogens (primary N) is 2. The summed E-state index contributed by atoms with van der Waals surface area (Å²) >= 11 is 0. The largest absolute Gasteiger partial charge is 0.382 e. The third-order valence-corrected chi connectivity index (χ3v) is 1.25. The van der Waals surface area contributed by atoms with E-state index in [1.807, 2.05) is 0 Å². The zero-order valence-corrected chi connectivity index (χ0v) is 6.40. The van der Waals surface area contributed by atoms with Crippen molar-refractivity contribution in [2.24, 2.45) is 5.18 Å². The summed E-state index contributed by atoms with van der Waals surface area (Å²) in [6.45, 7) is 0. The average molecular weight is 168 g/mol. The average Bonchev–Trinajstić information content (AvgIpc) is 2.03. The van der Waals surface area contributed by atoms with E-state index in [1.54, 1.807) is 7.05 Å². The topological polar surface area (TPSA) is 119 Å². The number of hydrogen-bond donors (Lipinski definition) is 3. The summed E-state index contributed by atoms with van der Waals surface area (Å²) in [7, 11) is 1.61. The Kier molecular flexibility index (Phi) is 2.04. The van der Waals surface area contributed by atoms with E-state index in [-0.39, 0.29) is 23.3 Å². The number of rotatable bonds is 2. The molecule has 1 aromatic rings. The number of hydrogen-bond acceptors (Lipinski definition) is 7. The second kappa shape index (κ2) is 2.99. The third kappa shape index (κ3) is 1.24. The molecule has 0 aromatic carbocycles. The molecular weight excluding hydrogens is 160 g/mol. The predicted molar refractivity (Wildman–Crippen MR) is 45.9 cm³/mol. The molecule has 1 rings (SSSR count). The van der Waals surface area contributed by atoms with Gasteiger partial charge < -0.3 is 16.8 Å². The molecule has 0 saturated carbocycles. The van der Waals surface area contributed by atoms with Gasteiger partial charge in [0.1, 0.15) is 0 Å². The van der Waals surface area contributed by atoms with Crippen LogP contribution in [0.25, 0.3) is 0 Å². The summed E-state index contributed by atoms with van der Waals surface area (Å²) in [6, 6.07) is 0. The van der Waals surface area contributed by atoms with Crippen LogP contribution in [0.2, 0.25) is 0 Å². The van der Waals surface area contributed by atoms with Crippen molar-refractivity contribution >= 4 is 23.3 Å². The number of nitrogen functional groups attached to an aromatic ring is 2. The fourth-order valence-corrected chi connectivity index (χ4v) is 0.696. The molecule has 7 heteroatoms. The molecule has 0 aliphatic rings. The zero-order valence-electron chi connectivity index (χ0n) is 6.40. The minimum Gasteiger partial charge on any atom is -0.382 e. The second-order valence-electron chi connectivity index (χ2n) is 2.01. The van der Waals surface area contributed by atoms with Crippen molar-refractivity contribution < 1.29 is 0 Å². The maximum absolute atomic E-state index is 10.1. The van der Waals surface area contributed by atoms with E-state index in [4.69, 9.17) is 11.5 Å². The predicted octanol–water partition coefficient (Wildman–Crippen LogP) is 0.0806. The number of nitrogens with one attached hydrogen (secondary N) is 1. The Labute approximate surface area is 68.2 Å². The zero-order chi connectivity index (χ0) is 9.14. The summed E-state index contributed by atoms with van der Waals surface area (Å²) < 4.78 is 0. The van der Waals surface area contributed by atoms with Gasteiger partial charge in [-0.25, -0.2) is 0 Å². The molecule has 0 aliphatic heterocycles. The molecule has 0 atom stereocenters. The monoisotopic (exact) mass is 168 g/mol. The molecule has 0 saturated heterocycles. The van der Waals surface area contributed by atoms with E-state index < -0.39 is 0 Å². The number of nitroso groups, excluding NO2 is 1. The number of aromatic nitrogens is 2. The molecular formula is C5H8N6O. The van der Waals surface area contributed by atoms with Crippen LogP contribution in [0.15, 0.2) is 5.18 Å². The Morgan fingerprint density at radius 1 is 1.33 bits per heavy atom. The quantitative estimate of drug-likeness (QED) is 0.538. The Morgan fingerprint density at radius 2 is 1.83 bits per heavy atom. The highest BCUT2D eigenvalue weighted by Gasteiger charge is 2.08. The second-order valence-corrected chi connectivity index (χ2v) is 2.01.